The van der Waals surface area contributed by atoms with E-state index in [-0.39, 0.29) is 12.0 Å². The monoisotopic (exact) mass is 340 g/mol. The van der Waals surface area contributed by atoms with Crippen molar-refractivity contribution >= 4 is 26.8 Å². The molecule has 1 aromatic carbocycles. The van der Waals surface area contributed by atoms with Gasteiger partial charge in [-0.1, -0.05) is 6.58 Å². The number of fused-ring (bicyclic) bond motifs is 1. The van der Waals surface area contributed by atoms with E-state index < -0.39 is 5.82 Å². The lowest BCUT2D eigenvalue weighted by molar-refractivity contribution is -0.0367. The summed E-state index contributed by atoms with van der Waals surface area (Å²) in [6.45, 7) is 4.16. The van der Waals surface area contributed by atoms with E-state index in [9.17, 15) is 4.39 Å². The topological polar surface area (TPSA) is 36.3 Å². The molecule has 0 bridgehead atoms. The van der Waals surface area contributed by atoms with Crippen LogP contribution in [-0.2, 0) is 4.74 Å². The normalized spacial score (nSPS) is 19.2. The summed E-state index contributed by atoms with van der Waals surface area (Å²) >= 11 is 3.36. The van der Waals surface area contributed by atoms with Crippen LogP contribution < -0.4 is 4.74 Å². The van der Waals surface area contributed by atoms with Crippen LogP contribution in [0.5, 0.6) is 5.75 Å². The molecule has 1 aliphatic heterocycles. The second-order valence-electron chi connectivity index (χ2n) is 4.63. The van der Waals surface area contributed by atoms with Crippen LogP contribution in [0.25, 0.3) is 10.9 Å². The maximum atomic E-state index is 14.1. The van der Waals surface area contributed by atoms with Crippen LogP contribution in [0.3, 0.4) is 0 Å². The third kappa shape index (κ3) is 2.23. The van der Waals surface area contributed by atoms with E-state index in [1.54, 1.807) is 10.9 Å². The Morgan fingerprint density at radius 1 is 1.55 bits per heavy atom. The fourth-order valence-electron chi connectivity index (χ4n) is 2.43. The summed E-state index contributed by atoms with van der Waals surface area (Å²) in [6.07, 6.45) is 5.80. The Balaban J connectivity index is 2.10. The minimum Gasteiger partial charge on any atom is -0.461 e. The first kappa shape index (κ1) is 13.6. The van der Waals surface area contributed by atoms with Gasteiger partial charge in [-0.2, -0.15) is 5.10 Å². The third-order valence-electron chi connectivity index (χ3n) is 3.38. The molecular formula is C14H14BrFN2O2. The van der Waals surface area contributed by atoms with Crippen molar-refractivity contribution < 1.29 is 13.9 Å². The van der Waals surface area contributed by atoms with Crippen molar-refractivity contribution in [3.8, 4) is 5.75 Å². The molecule has 0 N–H and O–H groups in total. The third-order valence-corrected chi connectivity index (χ3v) is 4.17. The fraction of sp³-hybridized carbons (Fsp3) is 0.357. The second-order valence-corrected chi connectivity index (χ2v) is 5.42. The van der Waals surface area contributed by atoms with Crippen molar-refractivity contribution in [2.75, 3.05) is 6.61 Å². The van der Waals surface area contributed by atoms with E-state index >= 15 is 0 Å². The summed E-state index contributed by atoms with van der Waals surface area (Å²) in [7, 11) is 0. The Labute approximate surface area is 124 Å². The zero-order valence-electron chi connectivity index (χ0n) is 10.8. The van der Waals surface area contributed by atoms with Gasteiger partial charge in [0.2, 0.25) is 0 Å². The molecule has 3 rings (SSSR count). The minimum absolute atomic E-state index is 0.122. The van der Waals surface area contributed by atoms with Gasteiger partial charge in [-0.15, -0.1) is 0 Å². The lowest BCUT2D eigenvalue weighted by atomic mass is 10.2. The number of halogens is 2. The molecule has 6 heteroatoms. The van der Waals surface area contributed by atoms with Crippen LogP contribution >= 0.6 is 15.9 Å². The Kier molecular flexibility index (Phi) is 3.76. The van der Waals surface area contributed by atoms with Crippen molar-refractivity contribution in [2.24, 2.45) is 0 Å². The number of hydrogen-bond acceptors (Lipinski definition) is 3. The van der Waals surface area contributed by atoms with Gasteiger partial charge in [-0.05, 0) is 35.2 Å². The number of nitrogens with zero attached hydrogens (tertiary/aromatic N) is 2. The van der Waals surface area contributed by atoms with Crippen LogP contribution in [0, 0.1) is 5.82 Å². The highest BCUT2D eigenvalue weighted by Crippen LogP contribution is 2.37. The maximum Gasteiger partial charge on any atom is 0.177 e. The summed E-state index contributed by atoms with van der Waals surface area (Å²) in [5.41, 5.74) is 0.692. The van der Waals surface area contributed by atoms with E-state index in [0.717, 1.165) is 24.6 Å². The van der Waals surface area contributed by atoms with Crippen molar-refractivity contribution in [2.45, 2.75) is 25.5 Å². The zero-order chi connectivity index (χ0) is 14.1. The summed E-state index contributed by atoms with van der Waals surface area (Å²) in [5.74, 6) is -0.335. The lowest BCUT2D eigenvalue weighted by Crippen LogP contribution is -2.19. The van der Waals surface area contributed by atoms with E-state index in [1.165, 1.54) is 12.3 Å². The van der Waals surface area contributed by atoms with Crippen molar-refractivity contribution in [1.29, 1.82) is 0 Å². The molecule has 0 radical (unpaired) electrons. The van der Waals surface area contributed by atoms with Crippen LogP contribution in [0.4, 0.5) is 4.39 Å². The molecule has 4 nitrogen and oxygen atoms in total. The van der Waals surface area contributed by atoms with Crippen molar-refractivity contribution in [3.63, 3.8) is 0 Å². The average Bonchev–Trinajstić information content (AvgIpc) is 2.88. The molecule has 20 heavy (non-hydrogen) atoms. The van der Waals surface area contributed by atoms with Gasteiger partial charge in [0.05, 0.1) is 22.4 Å². The van der Waals surface area contributed by atoms with E-state index in [2.05, 4.69) is 27.6 Å². The largest absolute Gasteiger partial charge is 0.461 e. The Morgan fingerprint density at radius 3 is 3.10 bits per heavy atom. The predicted molar refractivity (Wildman–Crippen MR) is 77.1 cm³/mol. The molecule has 0 spiro atoms. The number of rotatable bonds is 3. The molecule has 1 saturated heterocycles. The van der Waals surface area contributed by atoms with E-state index in [1.807, 2.05) is 0 Å². The van der Waals surface area contributed by atoms with Crippen LogP contribution in [0.15, 0.2) is 29.6 Å². The number of hydrogen-bond donors (Lipinski definition) is 0. The van der Waals surface area contributed by atoms with E-state index in [0.29, 0.717) is 16.6 Å². The first-order valence-electron chi connectivity index (χ1n) is 6.46. The molecule has 1 aliphatic rings. The number of ether oxygens (including phenoxy) is 2. The summed E-state index contributed by atoms with van der Waals surface area (Å²) in [4.78, 5) is 0. The molecule has 106 valence electrons. The number of benzene rings is 1. The van der Waals surface area contributed by atoms with Crippen molar-refractivity contribution in [1.82, 2.24) is 9.78 Å². The van der Waals surface area contributed by atoms with Crippen molar-refractivity contribution in [3.05, 3.63) is 35.4 Å². The summed E-state index contributed by atoms with van der Waals surface area (Å²) in [6, 6.07) is 1.42. The van der Waals surface area contributed by atoms with Gasteiger partial charge >= 0.3 is 0 Å². The SMILES string of the molecule is C=COc1c(F)cc2c(cnn2C2CCCCO2)c1Br. The second kappa shape index (κ2) is 5.54. The van der Waals surface area contributed by atoms with Gasteiger partial charge in [0, 0.05) is 18.1 Å². The molecule has 2 aromatic rings. The maximum absolute atomic E-state index is 14.1. The zero-order valence-corrected chi connectivity index (χ0v) is 12.4. The molecule has 1 unspecified atom stereocenters. The molecule has 0 aliphatic carbocycles. The smallest absolute Gasteiger partial charge is 0.177 e. The number of aromatic nitrogens is 2. The first-order valence-corrected chi connectivity index (χ1v) is 7.26. The summed E-state index contributed by atoms with van der Waals surface area (Å²) < 4.78 is 27.2. The average molecular weight is 341 g/mol. The highest BCUT2D eigenvalue weighted by molar-refractivity contribution is 9.10. The minimum atomic E-state index is -0.457. The Bertz CT molecular complexity index is 650. The molecule has 1 aromatic heterocycles. The van der Waals surface area contributed by atoms with Gasteiger partial charge in [0.1, 0.15) is 0 Å². The van der Waals surface area contributed by atoms with Gasteiger partial charge in [0.25, 0.3) is 0 Å². The Morgan fingerprint density at radius 2 is 2.40 bits per heavy atom. The highest BCUT2D eigenvalue weighted by Gasteiger charge is 2.22. The quantitative estimate of drug-likeness (QED) is 0.787. The first-order chi connectivity index (χ1) is 9.72. The van der Waals surface area contributed by atoms with Crippen LogP contribution in [0.2, 0.25) is 0 Å². The van der Waals surface area contributed by atoms with Crippen LogP contribution in [0.1, 0.15) is 25.5 Å². The summed E-state index contributed by atoms with van der Waals surface area (Å²) in [5, 5.41) is 5.13. The predicted octanol–water partition coefficient (Wildman–Crippen LogP) is 4.16. The highest BCUT2D eigenvalue weighted by atomic mass is 79.9. The van der Waals surface area contributed by atoms with Gasteiger partial charge < -0.3 is 9.47 Å². The molecule has 0 amide bonds. The van der Waals surface area contributed by atoms with Crippen LogP contribution in [-0.4, -0.2) is 16.4 Å². The van der Waals surface area contributed by atoms with Gasteiger partial charge in [-0.3, -0.25) is 0 Å². The van der Waals surface area contributed by atoms with Gasteiger partial charge in [-0.25, -0.2) is 9.07 Å². The molecule has 0 saturated carbocycles. The lowest BCUT2D eigenvalue weighted by Gasteiger charge is -2.23. The fourth-order valence-corrected chi connectivity index (χ4v) is 3.02. The van der Waals surface area contributed by atoms with Gasteiger partial charge in [0.15, 0.2) is 17.8 Å². The van der Waals surface area contributed by atoms with E-state index in [4.69, 9.17) is 9.47 Å². The molecule has 1 fully saturated rings. The standard InChI is InChI=1S/C14H14BrFN2O2/c1-2-19-14-10(16)7-11-9(13(14)15)8-17-18(11)12-5-3-4-6-20-12/h2,7-8,12H,1,3-6H2. The molecular weight excluding hydrogens is 327 g/mol. The molecule has 1 atom stereocenters. The molecule has 2 heterocycles. The Hall–Kier alpha value is -1.40.